The molecule has 2 aliphatic heterocycles. The van der Waals surface area contributed by atoms with Gasteiger partial charge in [-0.2, -0.15) is 0 Å². The molecule has 1 amide bonds. The molecule has 24 heavy (non-hydrogen) atoms. The number of fused-ring (bicyclic) bond motifs is 1. The Bertz CT molecular complexity index is 661. The molecule has 0 aliphatic carbocycles. The van der Waals surface area contributed by atoms with Crippen LogP contribution in [0, 0.1) is 0 Å². The molecular formula is C18H25BrN2O3. The van der Waals surface area contributed by atoms with Crippen molar-refractivity contribution >= 4 is 22.0 Å². The lowest BCUT2D eigenvalue weighted by Crippen LogP contribution is -2.52. The third-order valence-corrected chi connectivity index (χ3v) is 5.80. The molecule has 6 heteroatoms. The van der Waals surface area contributed by atoms with Gasteiger partial charge in [0.05, 0.1) is 0 Å². The topological polar surface area (TPSA) is 75.8 Å². The Morgan fingerprint density at radius 1 is 1.38 bits per heavy atom. The molecule has 2 aliphatic rings. The molecule has 0 aromatic heterocycles. The van der Waals surface area contributed by atoms with Gasteiger partial charge >= 0.3 is 6.09 Å². The molecule has 1 aromatic carbocycles. The summed E-state index contributed by atoms with van der Waals surface area (Å²) >= 11 is 3.67. The minimum atomic E-state index is -0.857. The van der Waals surface area contributed by atoms with Crippen molar-refractivity contribution in [3.05, 3.63) is 27.7 Å². The predicted octanol–water partition coefficient (Wildman–Crippen LogP) is 4.04. The Balaban J connectivity index is 1.94. The number of piperidine rings is 1. The number of nitrogens with two attached hydrogens (primary N) is 1. The quantitative estimate of drug-likeness (QED) is 0.693. The molecular weight excluding hydrogens is 372 g/mol. The summed E-state index contributed by atoms with van der Waals surface area (Å²) in [7, 11) is 0. The average molecular weight is 397 g/mol. The molecule has 1 aromatic rings. The number of likely N-dealkylation sites (tertiary alicyclic amines) is 1. The minimum Gasteiger partial charge on any atom is -0.487 e. The Labute approximate surface area is 151 Å². The molecule has 1 spiro atoms. The molecule has 5 nitrogen and oxygen atoms in total. The SMILES string of the molecule is CC(C)(C)c1c(Br)ccc2c1C(N)CC1(CCN(C(=O)O)CC1)O2. The minimum absolute atomic E-state index is 0.0394. The third kappa shape index (κ3) is 3.02. The number of ether oxygens (including phenoxy) is 1. The van der Waals surface area contributed by atoms with E-state index in [1.165, 1.54) is 10.5 Å². The smallest absolute Gasteiger partial charge is 0.407 e. The van der Waals surface area contributed by atoms with Crippen molar-refractivity contribution in [1.82, 2.24) is 4.90 Å². The van der Waals surface area contributed by atoms with Crippen LogP contribution in [0.3, 0.4) is 0 Å². The first-order chi connectivity index (χ1) is 11.1. The van der Waals surface area contributed by atoms with Crippen LogP contribution in [0.1, 0.15) is 57.2 Å². The number of carboxylic acid groups (broad SMARTS) is 1. The Hall–Kier alpha value is -1.27. The summed E-state index contributed by atoms with van der Waals surface area (Å²) in [6.45, 7) is 7.53. The van der Waals surface area contributed by atoms with E-state index in [0.717, 1.165) is 22.2 Å². The van der Waals surface area contributed by atoms with Gasteiger partial charge in [-0.1, -0.05) is 36.7 Å². The fraction of sp³-hybridized carbons (Fsp3) is 0.611. The maximum absolute atomic E-state index is 11.1. The predicted molar refractivity (Wildman–Crippen MR) is 96.6 cm³/mol. The Morgan fingerprint density at radius 2 is 2.00 bits per heavy atom. The molecule has 1 fully saturated rings. The van der Waals surface area contributed by atoms with E-state index in [1.54, 1.807) is 0 Å². The van der Waals surface area contributed by atoms with Crippen molar-refractivity contribution < 1.29 is 14.6 Å². The fourth-order valence-corrected chi connectivity index (χ4v) is 4.92. The summed E-state index contributed by atoms with van der Waals surface area (Å²) in [4.78, 5) is 12.6. The number of halogens is 1. The maximum Gasteiger partial charge on any atom is 0.407 e. The number of carbonyl (C=O) groups is 1. The summed E-state index contributed by atoms with van der Waals surface area (Å²) < 4.78 is 7.49. The zero-order chi connectivity index (χ0) is 17.7. The van der Waals surface area contributed by atoms with Crippen LogP contribution in [0.15, 0.2) is 16.6 Å². The van der Waals surface area contributed by atoms with E-state index < -0.39 is 6.09 Å². The first-order valence-electron chi connectivity index (χ1n) is 8.38. The molecule has 3 rings (SSSR count). The summed E-state index contributed by atoms with van der Waals surface area (Å²) in [5.41, 5.74) is 8.48. The number of hydrogen-bond acceptors (Lipinski definition) is 3. The van der Waals surface area contributed by atoms with Crippen molar-refractivity contribution in [2.45, 2.75) is 57.1 Å². The molecule has 0 radical (unpaired) electrons. The van der Waals surface area contributed by atoms with Gasteiger partial charge in [-0.05, 0) is 23.1 Å². The van der Waals surface area contributed by atoms with Gasteiger partial charge in [0, 0.05) is 48.4 Å². The molecule has 0 saturated carbocycles. The summed E-state index contributed by atoms with van der Waals surface area (Å²) in [5, 5.41) is 9.15. The lowest BCUT2D eigenvalue weighted by molar-refractivity contribution is -0.0179. The Kier molecular flexibility index (Phi) is 4.33. The van der Waals surface area contributed by atoms with Gasteiger partial charge in [0.25, 0.3) is 0 Å². The van der Waals surface area contributed by atoms with Gasteiger partial charge in [0.2, 0.25) is 0 Å². The normalized spacial score (nSPS) is 22.9. The van der Waals surface area contributed by atoms with E-state index in [1.807, 2.05) is 12.1 Å². The monoisotopic (exact) mass is 396 g/mol. The first-order valence-corrected chi connectivity index (χ1v) is 9.18. The van der Waals surface area contributed by atoms with Gasteiger partial charge in [-0.15, -0.1) is 0 Å². The number of hydrogen-bond donors (Lipinski definition) is 2. The molecule has 1 saturated heterocycles. The molecule has 3 N–H and O–H groups in total. The lowest BCUT2D eigenvalue weighted by atomic mass is 9.75. The van der Waals surface area contributed by atoms with Crippen LogP contribution in [-0.2, 0) is 5.41 Å². The second-order valence-electron chi connectivity index (χ2n) is 7.95. The largest absolute Gasteiger partial charge is 0.487 e. The van der Waals surface area contributed by atoms with Crippen molar-refractivity contribution in [2.24, 2.45) is 5.73 Å². The van der Waals surface area contributed by atoms with Crippen LogP contribution in [-0.4, -0.2) is 34.8 Å². The zero-order valence-corrected chi connectivity index (χ0v) is 16.0. The lowest BCUT2D eigenvalue weighted by Gasteiger charge is -2.47. The van der Waals surface area contributed by atoms with Crippen molar-refractivity contribution in [3.8, 4) is 5.75 Å². The van der Waals surface area contributed by atoms with E-state index in [9.17, 15) is 4.79 Å². The van der Waals surface area contributed by atoms with Gasteiger partial charge in [0.1, 0.15) is 11.4 Å². The highest BCUT2D eigenvalue weighted by molar-refractivity contribution is 9.10. The van der Waals surface area contributed by atoms with Gasteiger partial charge in [-0.3, -0.25) is 0 Å². The van der Waals surface area contributed by atoms with Crippen LogP contribution in [0.25, 0.3) is 0 Å². The summed E-state index contributed by atoms with van der Waals surface area (Å²) in [6, 6.07) is 3.91. The van der Waals surface area contributed by atoms with Crippen LogP contribution in [0.4, 0.5) is 4.79 Å². The first kappa shape index (κ1) is 17.5. The van der Waals surface area contributed by atoms with Crippen molar-refractivity contribution in [1.29, 1.82) is 0 Å². The number of amides is 1. The van der Waals surface area contributed by atoms with E-state index in [0.29, 0.717) is 25.9 Å². The van der Waals surface area contributed by atoms with Crippen LogP contribution in [0.2, 0.25) is 0 Å². The Morgan fingerprint density at radius 3 is 2.54 bits per heavy atom. The zero-order valence-electron chi connectivity index (χ0n) is 14.4. The van der Waals surface area contributed by atoms with E-state index >= 15 is 0 Å². The highest BCUT2D eigenvalue weighted by Crippen LogP contribution is 2.48. The van der Waals surface area contributed by atoms with Crippen molar-refractivity contribution in [3.63, 3.8) is 0 Å². The fourth-order valence-electron chi connectivity index (χ4n) is 3.98. The van der Waals surface area contributed by atoms with Gasteiger partial charge in [0.15, 0.2) is 0 Å². The van der Waals surface area contributed by atoms with Crippen molar-refractivity contribution in [2.75, 3.05) is 13.1 Å². The van der Waals surface area contributed by atoms with E-state index in [2.05, 4.69) is 36.7 Å². The van der Waals surface area contributed by atoms with Gasteiger partial charge < -0.3 is 20.5 Å². The second kappa shape index (κ2) is 5.92. The highest BCUT2D eigenvalue weighted by Gasteiger charge is 2.44. The average Bonchev–Trinajstić information content (AvgIpc) is 2.47. The van der Waals surface area contributed by atoms with Gasteiger partial charge in [-0.25, -0.2) is 4.79 Å². The second-order valence-corrected chi connectivity index (χ2v) is 8.80. The molecule has 1 atom stereocenters. The van der Waals surface area contributed by atoms with Crippen LogP contribution in [0.5, 0.6) is 5.75 Å². The molecule has 2 heterocycles. The number of nitrogens with zero attached hydrogens (tertiary/aromatic N) is 1. The third-order valence-electron chi connectivity index (χ3n) is 5.14. The molecule has 0 bridgehead atoms. The number of benzene rings is 1. The standard InChI is InChI=1S/C18H25BrN2O3/c1-17(2,3)15-11(19)4-5-13-14(15)12(20)10-18(24-13)6-8-21(9-7-18)16(22)23/h4-5,12H,6-10,20H2,1-3H3,(H,22,23). The highest BCUT2D eigenvalue weighted by atomic mass is 79.9. The van der Waals surface area contributed by atoms with E-state index in [4.69, 9.17) is 15.6 Å². The van der Waals surface area contributed by atoms with Crippen LogP contribution >= 0.6 is 15.9 Å². The summed E-state index contributed by atoms with van der Waals surface area (Å²) in [5.74, 6) is 0.852. The maximum atomic E-state index is 11.1. The summed E-state index contributed by atoms with van der Waals surface area (Å²) in [6.07, 6.45) is 1.25. The van der Waals surface area contributed by atoms with Crippen LogP contribution < -0.4 is 10.5 Å². The molecule has 1 unspecified atom stereocenters. The van der Waals surface area contributed by atoms with E-state index in [-0.39, 0.29) is 17.1 Å². The molecule has 132 valence electrons. The number of rotatable bonds is 0.